The fourth-order valence-corrected chi connectivity index (χ4v) is 4.08. The van der Waals surface area contributed by atoms with E-state index in [9.17, 15) is 14.4 Å². The van der Waals surface area contributed by atoms with E-state index in [1.807, 2.05) is 43.5 Å². The fraction of sp³-hybridized carbons (Fsp3) is 0.333. The number of aryl methyl sites for hydroxylation is 3. The molecule has 0 bridgehead atoms. The summed E-state index contributed by atoms with van der Waals surface area (Å²) in [6.07, 6.45) is 2.93. The molecule has 0 saturated heterocycles. The van der Waals surface area contributed by atoms with E-state index in [1.54, 1.807) is 29.6 Å². The molecule has 0 saturated carbocycles. The first kappa shape index (κ1) is 21.5. The standard InChI is InChI=1S/C24H27N5O3/c1-16-13-20(26-25-16)22(30)28-12-10-19-18(14-28)15-29(11-9-17-7-5-4-6-8-17)24(32)21(19)23(31)27(2)3/h4-8,13,15H,9-12,14H2,1-3H3,(H,25,26). The highest BCUT2D eigenvalue weighted by molar-refractivity contribution is 5.96. The first-order chi connectivity index (χ1) is 15.3. The van der Waals surface area contributed by atoms with Crippen molar-refractivity contribution in [2.45, 2.75) is 32.9 Å². The molecule has 8 heteroatoms. The molecule has 0 radical (unpaired) electrons. The molecule has 32 heavy (non-hydrogen) atoms. The smallest absolute Gasteiger partial charge is 0.274 e. The molecule has 2 amide bonds. The van der Waals surface area contributed by atoms with Crippen LogP contribution in [0.3, 0.4) is 0 Å². The Morgan fingerprint density at radius 2 is 1.94 bits per heavy atom. The molecule has 0 spiro atoms. The largest absolute Gasteiger partial charge is 0.345 e. The van der Waals surface area contributed by atoms with Crippen LogP contribution in [-0.4, -0.2) is 57.0 Å². The molecule has 0 unspecified atom stereocenters. The molecule has 1 N–H and O–H groups in total. The van der Waals surface area contributed by atoms with E-state index in [4.69, 9.17) is 0 Å². The third-order valence-corrected chi connectivity index (χ3v) is 5.79. The molecule has 8 nitrogen and oxygen atoms in total. The average molecular weight is 434 g/mol. The van der Waals surface area contributed by atoms with Crippen LogP contribution in [0.25, 0.3) is 0 Å². The Morgan fingerprint density at radius 1 is 1.19 bits per heavy atom. The fourth-order valence-electron chi connectivity index (χ4n) is 4.08. The van der Waals surface area contributed by atoms with E-state index in [2.05, 4.69) is 10.2 Å². The molecule has 3 aromatic rings. The maximum absolute atomic E-state index is 13.3. The second-order valence-electron chi connectivity index (χ2n) is 8.35. The highest BCUT2D eigenvalue weighted by atomic mass is 16.2. The van der Waals surface area contributed by atoms with E-state index in [0.29, 0.717) is 38.2 Å². The number of H-pyrrole nitrogens is 1. The van der Waals surface area contributed by atoms with Crippen molar-refractivity contribution in [2.24, 2.45) is 0 Å². The molecular weight excluding hydrogens is 406 g/mol. The number of fused-ring (bicyclic) bond motifs is 1. The van der Waals surface area contributed by atoms with Gasteiger partial charge >= 0.3 is 0 Å². The number of amides is 2. The summed E-state index contributed by atoms with van der Waals surface area (Å²) in [5, 5.41) is 6.88. The molecule has 3 heterocycles. The minimum absolute atomic E-state index is 0.164. The highest BCUT2D eigenvalue weighted by Crippen LogP contribution is 2.23. The van der Waals surface area contributed by atoms with Gasteiger partial charge in [-0.2, -0.15) is 5.10 Å². The lowest BCUT2D eigenvalue weighted by atomic mass is 9.95. The van der Waals surface area contributed by atoms with Crippen LogP contribution in [0.1, 0.15) is 43.2 Å². The van der Waals surface area contributed by atoms with Crippen LogP contribution in [0.15, 0.2) is 47.4 Å². The van der Waals surface area contributed by atoms with Crippen LogP contribution in [0.2, 0.25) is 0 Å². The third-order valence-electron chi connectivity index (χ3n) is 5.79. The number of pyridine rings is 1. The van der Waals surface area contributed by atoms with Gasteiger partial charge in [0.15, 0.2) is 0 Å². The lowest BCUT2D eigenvalue weighted by molar-refractivity contribution is 0.0727. The lowest BCUT2D eigenvalue weighted by Crippen LogP contribution is -2.41. The SMILES string of the molecule is Cc1cc(C(=O)N2CCc3c(cn(CCc4ccccc4)c(=O)c3C(=O)N(C)C)C2)n[nH]1. The van der Waals surface area contributed by atoms with Crippen molar-refractivity contribution >= 4 is 11.8 Å². The summed E-state index contributed by atoms with van der Waals surface area (Å²) in [4.78, 5) is 42.3. The van der Waals surface area contributed by atoms with Crippen molar-refractivity contribution in [1.29, 1.82) is 0 Å². The maximum atomic E-state index is 13.3. The second kappa shape index (κ2) is 8.82. The van der Waals surface area contributed by atoms with E-state index >= 15 is 0 Å². The number of hydrogen-bond acceptors (Lipinski definition) is 4. The number of carbonyl (C=O) groups excluding carboxylic acids is 2. The summed E-state index contributed by atoms with van der Waals surface area (Å²) >= 11 is 0. The van der Waals surface area contributed by atoms with E-state index in [-0.39, 0.29) is 22.9 Å². The van der Waals surface area contributed by atoms with E-state index in [1.165, 1.54) is 4.90 Å². The normalized spacial score (nSPS) is 13.0. The Hall–Kier alpha value is -3.68. The number of hydrogen-bond donors (Lipinski definition) is 1. The van der Waals surface area contributed by atoms with Gasteiger partial charge in [0, 0.05) is 45.6 Å². The van der Waals surface area contributed by atoms with Gasteiger partial charge in [0.1, 0.15) is 11.3 Å². The Labute approximate surface area is 186 Å². The Bertz CT molecular complexity index is 1210. The number of nitrogens with one attached hydrogen (secondary N) is 1. The molecule has 2 aromatic heterocycles. The molecule has 1 aliphatic heterocycles. The number of aromatic amines is 1. The number of rotatable bonds is 5. The Kier molecular flexibility index (Phi) is 5.94. The summed E-state index contributed by atoms with van der Waals surface area (Å²) in [7, 11) is 3.29. The zero-order valence-electron chi connectivity index (χ0n) is 18.6. The predicted octanol–water partition coefficient (Wildman–Crippen LogP) is 2.02. The van der Waals surface area contributed by atoms with Crippen molar-refractivity contribution in [1.82, 2.24) is 24.6 Å². The average Bonchev–Trinajstić information content (AvgIpc) is 3.23. The van der Waals surface area contributed by atoms with E-state index in [0.717, 1.165) is 22.4 Å². The summed E-state index contributed by atoms with van der Waals surface area (Å²) in [6, 6.07) is 11.6. The second-order valence-corrected chi connectivity index (χ2v) is 8.35. The molecule has 1 aromatic carbocycles. The van der Waals surface area contributed by atoms with Crippen LogP contribution in [-0.2, 0) is 25.9 Å². The van der Waals surface area contributed by atoms with Gasteiger partial charge in [-0.15, -0.1) is 0 Å². The van der Waals surface area contributed by atoms with Crippen molar-refractivity contribution in [2.75, 3.05) is 20.6 Å². The highest BCUT2D eigenvalue weighted by Gasteiger charge is 2.29. The summed E-state index contributed by atoms with van der Waals surface area (Å²) in [6.45, 7) is 3.06. The topological polar surface area (TPSA) is 91.3 Å². The monoisotopic (exact) mass is 433 g/mol. The minimum atomic E-state index is -0.303. The molecule has 1 aliphatic rings. The van der Waals surface area contributed by atoms with Crippen LogP contribution in [0, 0.1) is 6.92 Å². The summed E-state index contributed by atoms with van der Waals surface area (Å²) in [5.74, 6) is -0.467. The van der Waals surface area contributed by atoms with Crippen molar-refractivity contribution in [3.8, 4) is 0 Å². The first-order valence-electron chi connectivity index (χ1n) is 10.7. The zero-order chi connectivity index (χ0) is 22.8. The van der Waals surface area contributed by atoms with Gasteiger partial charge < -0.3 is 14.4 Å². The van der Waals surface area contributed by atoms with Gasteiger partial charge in [-0.25, -0.2) is 0 Å². The molecular formula is C24H27N5O3. The van der Waals surface area contributed by atoms with Crippen LogP contribution in [0.5, 0.6) is 0 Å². The maximum Gasteiger partial charge on any atom is 0.274 e. The van der Waals surface area contributed by atoms with Crippen LogP contribution >= 0.6 is 0 Å². The molecule has 166 valence electrons. The van der Waals surface area contributed by atoms with E-state index < -0.39 is 0 Å². The predicted molar refractivity (Wildman–Crippen MR) is 121 cm³/mol. The molecule has 4 rings (SSSR count). The van der Waals surface area contributed by atoms with Crippen molar-refractivity contribution in [3.63, 3.8) is 0 Å². The molecule has 0 aliphatic carbocycles. The van der Waals surface area contributed by atoms with Crippen molar-refractivity contribution < 1.29 is 9.59 Å². The number of aromatic nitrogens is 3. The van der Waals surface area contributed by atoms with Gasteiger partial charge in [0.2, 0.25) is 0 Å². The van der Waals surface area contributed by atoms with Gasteiger partial charge in [0.25, 0.3) is 17.4 Å². The van der Waals surface area contributed by atoms with Crippen LogP contribution in [0.4, 0.5) is 0 Å². The summed E-state index contributed by atoms with van der Waals surface area (Å²) in [5.41, 5.74) is 3.81. The first-order valence-corrected chi connectivity index (χ1v) is 10.7. The minimum Gasteiger partial charge on any atom is -0.345 e. The van der Waals surface area contributed by atoms with Crippen LogP contribution < -0.4 is 5.56 Å². The van der Waals surface area contributed by atoms with Gasteiger partial charge in [-0.1, -0.05) is 30.3 Å². The summed E-state index contributed by atoms with van der Waals surface area (Å²) < 4.78 is 1.61. The third kappa shape index (κ3) is 4.21. The van der Waals surface area contributed by atoms with Gasteiger partial charge in [-0.05, 0) is 42.5 Å². The van der Waals surface area contributed by atoms with Gasteiger partial charge in [0.05, 0.1) is 0 Å². The van der Waals surface area contributed by atoms with Crippen molar-refractivity contribution in [3.05, 3.63) is 86.6 Å². The quantitative estimate of drug-likeness (QED) is 0.667. The number of carbonyl (C=O) groups is 2. The number of benzene rings is 1. The molecule has 0 fully saturated rings. The Balaban J connectivity index is 1.69. The Morgan fingerprint density at radius 3 is 2.59 bits per heavy atom. The zero-order valence-corrected chi connectivity index (χ0v) is 18.6. The molecule has 0 atom stereocenters. The lowest BCUT2D eigenvalue weighted by Gasteiger charge is -2.30. The van der Waals surface area contributed by atoms with Gasteiger partial charge in [-0.3, -0.25) is 19.5 Å². The number of nitrogens with zero attached hydrogens (tertiary/aromatic N) is 4.